The number of hydrogen-bond donors (Lipinski definition) is 4. The Morgan fingerprint density at radius 2 is 1.32 bits per heavy atom. The molecule has 0 aliphatic heterocycles. The van der Waals surface area contributed by atoms with Gasteiger partial charge < -0.3 is 31.2 Å². The summed E-state index contributed by atoms with van der Waals surface area (Å²) >= 11 is 0. The number of amides is 1. The van der Waals surface area contributed by atoms with Crippen molar-refractivity contribution >= 4 is 12.2 Å². The van der Waals surface area contributed by atoms with Crippen molar-refractivity contribution in [3.8, 4) is 11.1 Å². The number of nitrogens with one attached hydrogen (secondary N) is 3. The largest absolute Gasteiger partial charge is 0.517 e. The topological polar surface area (TPSA) is 115 Å². The molecule has 0 atom stereocenters. The molecule has 1 amide bonds. The van der Waals surface area contributed by atoms with Gasteiger partial charge in [-0.25, -0.2) is 9.59 Å². The lowest BCUT2D eigenvalue weighted by molar-refractivity contribution is 0.0731. The molecule has 0 aromatic heterocycles. The Bertz CT molecular complexity index is 876. The van der Waals surface area contributed by atoms with Gasteiger partial charge in [-0.05, 0) is 80.7 Å². The summed E-state index contributed by atoms with van der Waals surface area (Å²) in [6.45, 7) is 4.96. The van der Waals surface area contributed by atoms with Crippen LogP contribution in [0.4, 0.5) is 9.59 Å². The molecule has 0 spiro atoms. The van der Waals surface area contributed by atoms with Crippen LogP contribution in [0.1, 0.15) is 42.7 Å². The summed E-state index contributed by atoms with van der Waals surface area (Å²) in [4.78, 5) is 23.9. The van der Waals surface area contributed by atoms with E-state index in [9.17, 15) is 9.59 Å². The second kappa shape index (κ2) is 14.3. The zero-order chi connectivity index (χ0) is 24.0. The lowest BCUT2D eigenvalue weighted by Crippen LogP contribution is -2.30. The number of alkyl carbamates (subject to hydrolysis) is 1. The van der Waals surface area contributed by atoms with Crippen LogP contribution in [-0.2, 0) is 9.47 Å². The monoisotopic (exact) mass is 468 g/mol. The number of unbranched alkanes of at least 4 members (excludes halogenated alkanes) is 1. The molecule has 3 rings (SSSR count). The van der Waals surface area contributed by atoms with Crippen molar-refractivity contribution in [2.75, 3.05) is 45.9 Å². The SMILES string of the molecule is NCCCNCCCCNCCCNC(=O)OC(=O)OCC1c2ccccc2-c2ccccc21. The van der Waals surface area contributed by atoms with E-state index >= 15 is 0 Å². The fourth-order valence-electron chi connectivity index (χ4n) is 4.11. The zero-order valence-corrected chi connectivity index (χ0v) is 19.7. The first-order valence-corrected chi connectivity index (χ1v) is 12.1. The normalized spacial score (nSPS) is 12.1. The number of carbonyl (C=O) groups excluding carboxylic acids is 2. The molecule has 2 aromatic carbocycles. The summed E-state index contributed by atoms with van der Waals surface area (Å²) < 4.78 is 10.0. The summed E-state index contributed by atoms with van der Waals surface area (Å²) in [7, 11) is 0. The summed E-state index contributed by atoms with van der Waals surface area (Å²) in [5.41, 5.74) is 9.95. The minimum absolute atomic E-state index is 0.0733. The Balaban J connectivity index is 1.25. The molecular weight excluding hydrogens is 432 g/mol. The highest BCUT2D eigenvalue weighted by Crippen LogP contribution is 2.44. The van der Waals surface area contributed by atoms with Gasteiger partial charge in [0.1, 0.15) is 6.61 Å². The number of ether oxygens (including phenoxy) is 2. The zero-order valence-electron chi connectivity index (χ0n) is 19.7. The van der Waals surface area contributed by atoms with E-state index in [-0.39, 0.29) is 12.5 Å². The summed E-state index contributed by atoms with van der Waals surface area (Å²) in [6, 6.07) is 16.1. The van der Waals surface area contributed by atoms with E-state index in [0.29, 0.717) is 6.54 Å². The van der Waals surface area contributed by atoms with Crippen LogP contribution in [0.25, 0.3) is 11.1 Å². The van der Waals surface area contributed by atoms with Crippen molar-refractivity contribution < 1.29 is 19.1 Å². The summed E-state index contributed by atoms with van der Waals surface area (Å²) in [5.74, 6) is -0.0733. The Morgan fingerprint density at radius 3 is 1.94 bits per heavy atom. The van der Waals surface area contributed by atoms with Crippen LogP contribution in [0, 0.1) is 0 Å². The van der Waals surface area contributed by atoms with Crippen LogP contribution >= 0.6 is 0 Å². The number of nitrogens with two attached hydrogens (primary N) is 1. The molecule has 0 radical (unpaired) electrons. The standard InChI is InChI=1S/C26H36N4O4/c27-13-7-16-28-14-5-6-15-29-17-8-18-30-25(31)34-26(32)33-19-24-22-11-3-1-9-20(22)21-10-2-4-12-23(21)24/h1-4,9-12,24,28-29H,5-8,13-19,27H2,(H,30,31). The third-order valence-corrected chi connectivity index (χ3v) is 5.82. The molecule has 8 nitrogen and oxygen atoms in total. The van der Waals surface area contributed by atoms with Crippen molar-refractivity contribution in [1.82, 2.24) is 16.0 Å². The quantitative estimate of drug-likeness (QED) is 0.191. The van der Waals surface area contributed by atoms with Crippen molar-refractivity contribution in [2.45, 2.75) is 31.6 Å². The lowest BCUT2D eigenvalue weighted by atomic mass is 9.98. The van der Waals surface area contributed by atoms with Gasteiger partial charge >= 0.3 is 12.2 Å². The van der Waals surface area contributed by atoms with E-state index in [1.165, 1.54) is 0 Å². The smallest absolute Gasteiger partial charge is 0.433 e. The molecule has 34 heavy (non-hydrogen) atoms. The minimum atomic E-state index is -0.988. The Kier molecular flexibility index (Phi) is 10.8. The van der Waals surface area contributed by atoms with Crippen LogP contribution in [0.15, 0.2) is 48.5 Å². The Hall–Kier alpha value is -2.94. The van der Waals surface area contributed by atoms with Gasteiger partial charge in [0.2, 0.25) is 0 Å². The molecule has 2 aromatic rings. The number of rotatable bonds is 14. The molecule has 0 saturated carbocycles. The second-order valence-corrected chi connectivity index (χ2v) is 8.31. The van der Waals surface area contributed by atoms with E-state index in [0.717, 1.165) is 80.7 Å². The van der Waals surface area contributed by atoms with Gasteiger partial charge in [-0.2, -0.15) is 0 Å². The van der Waals surface area contributed by atoms with E-state index in [4.69, 9.17) is 15.2 Å². The molecular formula is C26H36N4O4. The van der Waals surface area contributed by atoms with Crippen LogP contribution in [0.2, 0.25) is 0 Å². The second-order valence-electron chi connectivity index (χ2n) is 8.31. The van der Waals surface area contributed by atoms with Gasteiger partial charge in [0.25, 0.3) is 0 Å². The van der Waals surface area contributed by atoms with Crippen LogP contribution in [0.3, 0.4) is 0 Å². The molecule has 0 saturated heterocycles. The lowest BCUT2D eigenvalue weighted by Gasteiger charge is -2.13. The fraction of sp³-hybridized carbons (Fsp3) is 0.462. The molecule has 1 aliphatic carbocycles. The summed E-state index contributed by atoms with van der Waals surface area (Å²) in [5, 5.41) is 9.27. The number of fused-ring (bicyclic) bond motifs is 3. The summed E-state index contributed by atoms with van der Waals surface area (Å²) in [6.07, 6.45) is 2.18. The Labute approximate surface area is 201 Å². The van der Waals surface area contributed by atoms with Crippen LogP contribution in [0.5, 0.6) is 0 Å². The van der Waals surface area contributed by atoms with E-state index in [1.54, 1.807) is 0 Å². The average Bonchev–Trinajstić information content (AvgIpc) is 3.17. The van der Waals surface area contributed by atoms with Crippen LogP contribution in [-0.4, -0.2) is 58.1 Å². The fourth-order valence-corrected chi connectivity index (χ4v) is 4.11. The average molecular weight is 469 g/mol. The maximum Gasteiger partial charge on any atom is 0.517 e. The van der Waals surface area contributed by atoms with Gasteiger partial charge in [-0.1, -0.05) is 48.5 Å². The van der Waals surface area contributed by atoms with E-state index < -0.39 is 12.2 Å². The predicted octanol–water partition coefficient (Wildman–Crippen LogP) is 3.36. The first-order chi connectivity index (χ1) is 16.7. The van der Waals surface area contributed by atoms with Gasteiger partial charge in [0.05, 0.1) is 0 Å². The highest BCUT2D eigenvalue weighted by atomic mass is 16.7. The van der Waals surface area contributed by atoms with E-state index in [1.807, 2.05) is 36.4 Å². The molecule has 0 bridgehead atoms. The van der Waals surface area contributed by atoms with Crippen molar-refractivity contribution in [3.05, 3.63) is 59.7 Å². The third-order valence-electron chi connectivity index (χ3n) is 5.82. The number of hydrogen-bond acceptors (Lipinski definition) is 7. The van der Waals surface area contributed by atoms with Crippen LogP contribution < -0.4 is 21.7 Å². The van der Waals surface area contributed by atoms with E-state index in [2.05, 4.69) is 28.1 Å². The molecule has 1 aliphatic rings. The molecule has 8 heteroatoms. The van der Waals surface area contributed by atoms with Crippen molar-refractivity contribution in [2.24, 2.45) is 5.73 Å². The number of benzene rings is 2. The molecule has 0 unspecified atom stereocenters. The molecule has 5 N–H and O–H groups in total. The molecule has 184 valence electrons. The molecule has 0 fully saturated rings. The van der Waals surface area contributed by atoms with Crippen molar-refractivity contribution in [1.29, 1.82) is 0 Å². The van der Waals surface area contributed by atoms with Gasteiger partial charge in [-0.3, -0.25) is 0 Å². The van der Waals surface area contributed by atoms with Gasteiger partial charge in [-0.15, -0.1) is 0 Å². The number of carbonyl (C=O) groups is 2. The third kappa shape index (κ3) is 7.83. The highest BCUT2D eigenvalue weighted by Gasteiger charge is 2.29. The van der Waals surface area contributed by atoms with Gasteiger partial charge in [0, 0.05) is 12.5 Å². The highest BCUT2D eigenvalue weighted by molar-refractivity contribution is 5.81. The van der Waals surface area contributed by atoms with Gasteiger partial charge in [0.15, 0.2) is 0 Å². The maximum atomic E-state index is 12.0. The minimum Gasteiger partial charge on any atom is -0.433 e. The molecule has 0 heterocycles. The Morgan fingerprint density at radius 1 is 0.765 bits per heavy atom. The first kappa shape index (κ1) is 25.7. The predicted molar refractivity (Wildman–Crippen MR) is 133 cm³/mol. The first-order valence-electron chi connectivity index (χ1n) is 12.1. The maximum absolute atomic E-state index is 12.0. The van der Waals surface area contributed by atoms with Crippen molar-refractivity contribution in [3.63, 3.8) is 0 Å².